The number of aliphatic hydroxyl groups is 1. The molecule has 11 heteroatoms. The number of methoxy groups -OCH3 is 1. The first-order chi connectivity index (χ1) is 14.1. The molecule has 0 aliphatic heterocycles. The SMILES string of the molecule is COc1ccc(F)cc1C(C)(C)CC(O)(Cn1ccc(C)c(N(O)O)c1=O)C(F)(F)F. The molecule has 0 amide bonds. The molecule has 1 unspecified atom stereocenters. The Morgan fingerprint density at radius 3 is 2.29 bits per heavy atom. The highest BCUT2D eigenvalue weighted by molar-refractivity contribution is 5.46. The van der Waals surface area contributed by atoms with Gasteiger partial charge in [-0.1, -0.05) is 13.8 Å². The molecular formula is C20H24F4N2O5. The minimum atomic E-state index is -5.17. The van der Waals surface area contributed by atoms with Crippen LogP contribution in [0.4, 0.5) is 23.2 Å². The molecule has 1 aromatic carbocycles. The number of pyridine rings is 1. The van der Waals surface area contributed by atoms with Gasteiger partial charge in [0.15, 0.2) is 11.3 Å². The number of rotatable bonds is 7. The second-order valence-electron chi connectivity index (χ2n) is 8.00. The third kappa shape index (κ3) is 5.00. The lowest BCUT2D eigenvalue weighted by Gasteiger charge is -2.38. The van der Waals surface area contributed by atoms with Gasteiger partial charge < -0.3 is 14.4 Å². The standard InChI is InChI=1S/C20H24F4N2O5/c1-12-7-8-25(17(27)16(12)26(29)30)11-19(28,20(22,23)24)10-18(2,3)14-9-13(21)5-6-15(14)31-4/h5-9,28-30H,10-11H2,1-4H3. The lowest BCUT2D eigenvalue weighted by Crippen LogP contribution is -2.53. The summed E-state index contributed by atoms with van der Waals surface area (Å²) >= 11 is 0. The lowest BCUT2D eigenvalue weighted by atomic mass is 9.74. The second kappa shape index (κ2) is 8.48. The van der Waals surface area contributed by atoms with Gasteiger partial charge in [-0.25, -0.2) is 4.39 Å². The Labute approximate surface area is 175 Å². The Morgan fingerprint density at radius 2 is 1.77 bits per heavy atom. The first-order valence-electron chi connectivity index (χ1n) is 9.14. The zero-order valence-electron chi connectivity index (χ0n) is 17.4. The first-order valence-corrected chi connectivity index (χ1v) is 9.14. The molecule has 1 heterocycles. The predicted molar refractivity (Wildman–Crippen MR) is 103 cm³/mol. The van der Waals surface area contributed by atoms with E-state index >= 15 is 0 Å². The number of anilines is 1. The van der Waals surface area contributed by atoms with Crippen LogP contribution in [0.25, 0.3) is 0 Å². The summed E-state index contributed by atoms with van der Waals surface area (Å²) in [7, 11) is 1.28. The van der Waals surface area contributed by atoms with E-state index in [0.29, 0.717) is 4.57 Å². The smallest absolute Gasteiger partial charge is 0.418 e. The fraction of sp³-hybridized carbons (Fsp3) is 0.450. The van der Waals surface area contributed by atoms with E-state index < -0.39 is 52.4 Å². The van der Waals surface area contributed by atoms with Crippen LogP contribution in [0.15, 0.2) is 35.3 Å². The van der Waals surface area contributed by atoms with Crippen molar-refractivity contribution in [1.29, 1.82) is 0 Å². The zero-order chi connectivity index (χ0) is 23.8. The molecule has 1 atom stereocenters. The van der Waals surface area contributed by atoms with E-state index in [1.54, 1.807) is 0 Å². The molecule has 172 valence electrons. The van der Waals surface area contributed by atoms with Crippen molar-refractivity contribution >= 4 is 5.69 Å². The quantitative estimate of drug-likeness (QED) is 0.443. The van der Waals surface area contributed by atoms with E-state index in [4.69, 9.17) is 4.74 Å². The Balaban J connectivity index is 2.55. The number of nitrogens with zero attached hydrogens (tertiary/aromatic N) is 2. The molecule has 0 fully saturated rings. The third-order valence-electron chi connectivity index (χ3n) is 5.13. The largest absolute Gasteiger partial charge is 0.496 e. The molecule has 0 saturated heterocycles. The van der Waals surface area contributed by atoms with Crippen molar-refractivity contribution < 1.29 is 37.8 Å². The van der Waals surface area contributed by atoms with Gasteiger partial charge in [-0.05, 0) is 48.6 Å². The Bertz CT molecular complexity index is 1000. The summed E-state index contributed by atoms with van der Waals surface area (Å²) in [6, 6.07) is 4.60. The lowest BCUT2D eigenvalue weighted by molar-refractivity contribution is -0.271. The van der Waals surface area contributed by atoms with Gasteiger partial charge in [-0.15, -0.1) is 5.23 Å². The molecule has 3 N–H and O–H groups in total. The van der Waals surface area contributed by atoms with Crippen LogP contribution >= 0.6 is 0 Å². The number of aryl methyl sites for hydroxylation is 1. The van der Waals surface area contributed by atoms with Crippen LogP contribution in [-0.4, -0.2) is 39.0 Å². The summed E-state index contributed by atoms with van der Waals surface area (Å²) in [6.07, 6.45) is -5.11. The Morgan fingerprint density at radius 1 is 1.16 bits per heavy atom. The molecule has 0 aliphatic rings. The van der Waals surface area contributed by atoms with Crippen molar-refractivity contribution in [3.8, 4) is 5.75 Å². The average molecular weight is 448 g/mol. The van der Waals surface area contributed by atoms with Crippen LogP contribution in [-0.2, 0) is 12.0 Å². The van der Waals surface area contributed by atoms with Crippen molar-refractivity contribution in [3.05, 3.63) is 57.8 Å². The second-order valence-corrected chi connectivity index (χ2v) is 8.00. The minimum absolute atomic E-state index is 0.103. The molecule has 7 nitrogen and oxygen atoms in total. The maximum absolute atomic E-state index is 14.0. The summed E-state index contributed by atoms with van der Waals surface area (Å²) in [6.45, 7) is 2.90. The van der Waals surface area contributed by atoms with E-state index in [0.717, 1.165) is 18.3 Å². The molecular weight excluding hydrogens is 424 g/mol. The van der Waals surface area contributed by atoms with Crippen LogP contribution in [0.5, 0.6) is 5.75 Å². The van der Waals surface area contributed by atoms with Crippen molar-refractivity contribution in [2.24, 2.45) is 0 Å². The summed E-state index contributed by atoms with van der Waals surface area (Å²) < 4.78 is 61.4. The highest BCUT2D eigenvalue weighted by atomic mass is 19.4. The normalized spacial score (nSPS) is 14.3. The van der Waals surface area contributed by atoms with Crippen molar-refractivity contribution in [3.63, 3.8) is 0 Å². The number of hydrogen-bond acceptors (Lipinski definition) is 6. The monoisotopic (exact) mass is 448 g/mol. The van der Waals surface area contributed by atoms with Gasteiger partial charge >= 0.3 is 6.18 Å². The van der Waals surface area contributed by atoms with E-state index in [9.17, 15) is 37.9 Å². The number of hydrogen-bond donors (Lipinski definition) is 3. The average Bonchev–Trinajstić information content (AvgIpc) is 2.62. The van der Waals surface area contributed by atoms with Gasteiger partial charge in [0.2, 0.25) is 0 Å². The fourth-order valence-electron chi connectivity index (χ4n) is 3.58. The Kier molecular flexibility index (Phi) is 6.74. The number of alkyl halides is 3. The van der Waals surface area contributed by atoms with E-state index in [2.05, 4.69) is 0 Å². The maximum Gasteiger partial charge on any atom is 0.418 e. The number of halogens is 4. The molecule has 2 rings (SSSR count). The molecule has 0 bridgehead atoms. The van der Waals surface area contributed by atoms with Gasteiger partial charge in [0.25, 0.3) is 5.56 Å². The summed E-state index contributed by atoms with van der Waals surface area (Å²) in [5, 5.41) is 28.7. The number of benzene rings is 1. The third-order valence-corrected chi connectivity index (χ3v) is 5.13. The van der Waals surface area contributed by atoms with E-state index in [1.807, 2.05) is 0 Å². The van der Waals surface area contributed by atoms with E-state index in [1.165, 1.54) is 40.0 Å². The van der Waals surface area contributed by atoms with Gasteiger partial charge in [0.1, 0.15) is 11.6 Å². The Hall–Kier alpha value is -2.63. The van der Waals surface area contributed by atoms with Crippen LogP contribution in [0, 0.1) is 12.7 Å². The number of aromatic nitrogens is 1. The van der Waals surface area contributed by atoms with Crippen molar-refractivity contribution in [2.45, 2.75) is 50.9 Å². The molecule has 0 saturated carbocycles. The van der Waals surface area contributed by atoms with Crippen molar-refractivity contribution in [1.82, 2.24) is 4.57 Å². The summed E-state index contributed by atoms with van der Waals surface area (Å²) in [4.78, 5) is 12.5. The first kappa shape index (κ1) is 24.6. The van der Waals surface area contributed by atoms with E-state index in [-0.39, 0.29) is 16.9 Å². The fourth-order valence-corrected chi connectivity index (χ4v) is 3.58. The minimum Gasteiger partial charge on any atom is -0.496 e. The summed E-state index contributed by atoms with van der Waals surface area (Å²) in [5.74, 6) is -0.549. The maximum atomic E-state index is 14.0. The van der Waals surface area contributed by atoms with Crippen LogP contribution < -0.4 is 15.5 Å². The molecule has 2 aromatic rings. The molecule has 31 heavy (non-hydrogen) atoms. The van der Waals surface area contributed by atoms with Crippen molar-refractivity contribution in [2.75, 3.05) is 12.3 Å². The van der Waals surface area contributed by atoms with Gasteiger partial charge in [-0.3, -0.25) is 15.2 Å². The highest BCUT2D eigenvalue weighted by Gasteiger charge is 2.56. The van der Waals surface area contributed by atoms with Crippen LogP contribution in [0.2, 0.25) is 0 Å². The predicted octanol–water partition coefficient (Wildman–Crippen LogP) is 3.55. The summed E-state index contributed by atoms with van der Waals surface area (Å²) in [5.41, 5.74) is -6.44. The van der Waals surface area contributed by atoms with Gasteiger partial charge in [0.05, 0.1) is 13.7 Å². The molecule has 1 aromatic heterocycles. The molecule has 0 aliphatic carbocycles. The highest BCUT2D eigenvalue weighted by Crippen LogP contribution is 2.44. The van der Waals surface area contributed by atoms with Crippen LogP contribution in [0.3, 0.4) is 0 Å². The molecule has 0 radical (unpaired) electrons. The zero-order valence-corrected chi connectivity index (χ0v) is 17.4. The van der Waals surface area contributed by atoms with Crippen LogP contribution in [0.1, 0.15) is 31.4 Å². The van der Waals surface area contributed by atoms with Gasteiger partial charge in [0, 0.05) is 11.8 Å². The molecule has 0 spiro atoms. The number of ether oxygens (including phenoxy) is 1. The topological polar surface area (TPSA) is 95.2 Å². The van der Waals surface area contributed by atoms with Gasteiger partial charge in [-0.2, -0.15) is 13.2 Å².